The molecule has 5 heteroatoms. The maximum Gasteiger partial charge on any atom is 0.185 e. The summed E-state index contributed by atoms with van der Waals surface area (Å²) >= 11 is 0. The van der Waals surface area contributed by atoms with Gasteiger partial charge >= 0.3 is 0 Å². The molecule has 0 amide bonds. The van der Waals surface area contributed by atoms with Crippen LogP contribution in [0.15, 0.2) is 48.5 Å². The highest BCUT2D eigenvalue weighted by Gasteiger charge is 2.29. The zero-order valence-corrected chi connectivity index (χ0v) is 18.0. The minimum absolute atomic E-state index is 0.351. The molecule has 0 spiro atoms. The van der Waals surface area contributed by atoms with Crippen molar-refractivity contribution in [1.82, 2.24) is 0 Å². The first-order valence-corrected chi connectivity index (χ1v) is 11.5. The number of hydrogen-bond donors (Lipinski definition) is 2. The largest absolute Gasteiger partial charge is 0.508 e. The smallest absolute Gasteiger partial charge is 0.185 e. The predicted octanol–water partition coefficient (Wildman–Crippen LogP) is 5.90. The van der Waals surface area contributed by atoms with Gasteiger partial charge in [0.25, 0.3) is 0 Å². The lowest BCUT2D eigenvalue weighted by Gasteiger charge is -2.28. The molecule has 0 radical (unpaired) electrons. The topological polar surface area (TPSA) is 49.7 Å². The average Bonchev–Trinajstić information content (AvgIpc) is 2.77. The molecule has 4 rings (SSSR count). The minimum Gasteiger partial charge on any atom is -0.508 e. The summed E-state index contributed by atoms with van der Waals surface area (Å²) < 4.78 is 0. The van der Waals surface area contributed by atoms with E-state index in [1.54, 1.807) is 12.1 Å². The van der Waals surface area contributed by atoms with E-state index in [0.717, 1.165) is 31.7 Å². The molecule has 0 bridgehead atoms. The fourth-order valence-electron chi connectivity index (χ4n) is 5.67. The van der Waals surface area contributed by atoms with Crippen molar-refractivity contribution < 1.29 is 15.3 Å². The van der Waals surface area contributed by atoms with Crippen molar-refractivity contribution in [2.45, 2.75) is 64.2 Å². The second-order valence-corrected chi connectivity index (χ2v) is 9.33. The Balaban J connectivity index is 1.31. The van der Waals surface area contributed by atoms with E-state index in [2.05, 4.69) is 31.2 Å². The Labute approximate surface area is 181 Å². The number of rotatable bonds is 7. The van der Waals surface area contributed by atoms with Crippen LogP contribution in [-0.4, -0.2) is 23.8 Å². The Morgan fingerprint density at radius 3 is 2.73 bits per heavy atom. The van der Waals surface area contributed by atoms with E-state index in [4.69, 9.17) is 4.89 Å². The summed E-state index contributed by atoms with van der Waals surface area (Å²) in [7, 11) is 0. The first-order valence-electron chi connectivity index (χ1n) is 11.5. The second kappa shape index (κ2) is 9.78. The molecule has 30 heavy (non-hydrogen) atoms. The number of hydrogen-bond acceptors (Lipinski definition) is 3. The van der Waals surface area contributed by atoms with Crippen molar-refractivity contribution in [3.05, 3.63) is 59.7 Å². The maximum absolute atomic E-state index is 9.49. The van der Waals surface area contributed by atoms with E-state index < -0.39 is 0 Å². The number of allylic oxidation sites excluding steroid dienone is 2. The summed E-state index contributed by atoms with van der Waals surface area (Å²) in [5, 5.41) is 18.9. The summed E-state index contributed by atoms with van der Waals surface area (Å²) in [5.41, 5.74) is 5.04. The minimum atomic E-state index is 0.351. The van der Waals surface area contributed by atoms with Crippen molar-refractivity contribution in [3.63, 3.8) is 0 Å². The van der Waals surface area contributed by atoms with Gasteiger partial charge in [-0.2, -0.15) is 0 Å². The van der Waals surface area contributed by atoms with E-state index in [9.17, 15) is 10.4 Å². The molecular weight excluding hydrogens is 370 g/mol. The molecular formula is C25H32B2O3. The third-order valence-corrected chi connectivity index (χ3v) is 7.22. The molecule has 0 saturated carbocycles. The van der Waals surface area contributed by atoms with Crippen LogP contribution in [0.4, 0.5) is 0 Å². The number of phenolic OH excluding ortho intramolecular Hbond substituents is 1. The van der Waals surface area contributed by atoms with Crippen LogP contribution in [-0.2, 0) is 6.42 Å². The predicted molar refractivity (Wildman–Crippen MR) is 128 cm³/mol. The highest BCUT2D eigenvalue weighted by molar-refractivity contribution is 6.76. The van der Waals surface area contributed by atoms with Gasteiger partial charge in [-0.25, -0.2) is 5.26 Å². The lowest BCUT2D eigenvalue weighted by atomic mass is 9.33. The van der Waals surface area contributed by atoms with Gasteiger partial charge in [-0.15, -0.1) is 0 Å². The molecule has 1 atom stereocenters. The van der Waals surface area contributed by atoms with Crippen molar-refractivity contribution in [2.24, 2.45) is 5.92 Å². The first-order chi connectivity index (χ1) is 14.6. The molecule has 0 aromatic heterocycles. The molecule has 3 nitrogen and oxygen atoms in total. The zero-order valence-electron chi connectivity index (χ0n) is 18.0. The molecule has 1 unspecified atom stereocenters. The number of fused-ring (bicyclic) bond motifs is 1. The summed E-state index contributed by atoms with van der Waals surface area (Å²) in [5.74, 6) is 1.74. The van der Waals surface area contributed by atoms with Crippen LogP contribution in [0.5, 0.6) is 11.5 Å². The van der Waals surface area contributed by atoms with E-state index >= 15 is 0 Å². The molecule has 2 aromatic rings. The van der Waals surface area contributed by atoms with Crippen molar-refractivity contribution >= 4 is 24.5 Å². The number of aromatic hydroxyl groups is 1. The highest BCUT2D eigenvalue weighted by Crippen LogP contribution is 2.32. The first kappa shape index (κ1) is 21.1. The average molecular weight is 402 g/mol. The molecule has 2 N–H and O–H groups in total. The molecule has 1 fully saturated rings. The summed E-state index contributed by atoms with van der Waals surface area (Å²) in [4.78, 5) is 4.72. The fraction of sp³-hybridized carbons (Fsp3) is 0.440. The van der Waals surface area contributed by atoms with Gasteiger partial charge in [0.05, 0.1) is 0 Å². The molecule has 2 aromatic carbocycles. The summed E-state index contributed by atoms with van der Waals surface area (Å²) in [6, 6.07) is 13.7. The Morgan fingerprint density at radius 2 is 1.93 bits per heavy atom. The van der Waals surface area contributed by atoms with Gasteiger partial charge in [-0.3, -0.25) is 0 Å². The molecule has 2 aliphatic rings. The molecule has 0 aliphatic carbocycles. The Bertz CT molecular complexity index is 878. The molecule has 156 valence electrons. The Hall–Kier alpha value is -2.13. The Morgan fingerprint density at radius 1 is 1.10 bits per heavy atom. The van der Waals surface area contributed by atoms with Crippen molar-refractivity contribution in [2.75, 3.05) is 0 Å². The van der Waals surface area contributed by atoms with Crippen LogP contribution in [0.3, 0.4) is 0 Å². The quantitative estimate of drug-likeness (QED) is 0.345. The van der Waals surface area contributed by atoms with E-state index in [1.807, 2.05) is 12.1 Å². The van der Waals surface area contributed by atoms with Gasteiger partial charge in [-0.1, -0.05) is 81.2 Å². The van der Waals surface area contributed by atoms with Crippen molar-refractivity contribution in [1.29, 1.82) is 0 Å². The van der Waals surface area contributed by atoms with Crippen LogP contribution in [0, 0.1) is 5.92 Å². The van der Waals surface area contributed by atoms with Gasteiger partial charge in [-0.05, 0) is 59.6 Å². The van der Waals surface area contributed by atoms with Gasteiger partial charge in [0.1, 0.15) is 12.5 Å². The van der Waals surface area contributed by atoms with Crippen LogP contribution < -0.4 is 10.4 Å². The number of phenols is 1. The lowest BCUT2D eigenvalue weighted by molar-refractivity contribution is -0.136. The highest BCUT2D eigenvalue weighted by atomic mass is 17.1. The SMILES string of the molecule is CC1=CCB(CCCB2CCCC(Cc3ccc(O)cc3)C2)c2c(OO)cccc21. The Kier molecular flexibility index (Phi) is 6.89. The normalized spacial score (nSPS) is 18.7. The van der Waals surface area contributed by atoms with Crippen LogP contribution >= 0.6 is 0 Å². The lowest BCUT2D eigenvalue weighted by Crippen LogP contribution is -2.36. The second-order valence-electron chi connectivity index (χ2n) is 9.33. The van der Waals surface area contributed by atoms with E-state index in [-0.39, 0.29) is 0 Å². The fourth-order valence-corrected chi connectivity index (χ4v) is 5.67. The summed E-state index contributed by atoms with van der Waals surface area (Å²) in [6.07, 6.45) is 13.5. The third-order valence-electron chi connectivity index (χ3n) is 7.22. The molecule has 1 saturated heterocycles. The van der Waals surface area contributed by atoms with Gasteiger partial charge in [0, 0.05) is 0 Å². The standard InChI is InChI=1S/C25H32B2O3/c1-19-12-16-27(25-23(19)6-2-7-24(25)30-29)15-4-14-26-13-3-5-21(18-26)17-20-8-10-22(28)11-9-20/h2,6-12,21,28-29H,3-5,13-18H2,1H3. The van der Waals surface area contributed by atoms with Gasteiger partial charge < -0.3 is 9.99 Å². The van der Waals surface area contributed by atoms with E-state index in [1.165, 1.54) is 60.4 Å². The van der Waals surface area contributed by atoms with Gasteiger partial charge in [0.2, 0.25) is 0 Å². The number of benzene rings is 2. The van der Waals surface area contributed by atoms with Crippen molar-refractivity contribution in [3.8, 4) is 11.5 Å². The monoisotopic (exact) mass is 402 g/mol. The van der Waals surface area contributed by atoms with Crippen LogP contribution in [0.1, 0.15) is 37.3 Å². The van der Waals surface area contributed by atoms with Gasteiger partial charge in [0.15, 0.2) is 12.5 Å². The maximum atomic E-state index is 9.49. The molecule has 2 aliphatic heterocycles. The van der Waals surface area contributed by atoms with Crippen LogP contribution in [0.25, 0.3) is 5.57 Å². The summed E-state index contributed by atoms with van der Waals surface area (Å²) in [6.45, 7) is 3.40. The molecule has 2 heterocycles. The zero-order chi connectivity index (χ0) is 20.9. The van der Waals surface area contributed by atoms with Crippen LogP contribution in [0.2, 0.25) is 31.6 Å². The van der Waals surface area contributed by atoms with E-state index in [0.29, 0.717) is 18.2 Å². The third kappa shape index (κ3) is 4.95.